The number of halogens is 1. The summed E-state index contributed by atoms with van der Waals surface area (Å²) < 4.78 is 29.9. The molecule has 2 N–H and O–H groups in total. The van der Waals surface area contributed by atoms with Crippen molar-refractivity contribution in [2.45, 2.75) is 18.2 Å². The minimum Gasteiger partial charge on any atom is -0.352 e. The van der Waals surface area contributed by atoms with Crippen LogP contribution in [-0.2, 0) is 16.4 Å². The Labute approximate surface area is 203 Å². The Morgan fingerprint density at radius 3 is 2.53 bits per heavy atom. The van der Waals surface area contributed by atoms with E-state index < -0.39 is 15.9 Å². The summed E-state index contributed by atoms with van der Waals surface area (Å²) in [6.07, 6.45) is 4.19. The van der Waals surface area contributed by atoms with Crippen molar-refractivity contribution in [2.75, 3.05) is 11.3 Å². The number of nitrogens with one attached hydrogen (secondary N) is 2. The van der Waals surface area contributed by atoms with E-state index >= 15 is 0 Å². The molecule has 0 unspecified atom stereocenters. The number of rotatable bonds is 8. The molecule has 9 heteroatoms. The van der Waals surface area contributed by atoms with Crippen LogP contribution < -0.4 is 10.0 Å². The molecule has 3 aromatic carbocycles. The van der Waals surface area contributed by atoms with E-state index in [4.69, 9.17) is 11.6 Å². The Balaban J connectivity index is 1.40. The van der Waals surface area contributed by atoms with E-state index in [0.717, 1.165) is 16.8 Å². The topological polar surface area (TPSA) is 93.1 Å². The summed E-state index contributed by atoms with van der Waals surface area (Å²) in [6.45, 7) is 2.24. The van der Waals surface area contributed by atoms with Crippen molar-refractivity contribution < 1.29 is 13.2 Å². The highest BCUT2D eigenvalue weighted by Crippen LogP contribution is 2.23. The van der Waals surface area contributed by atoms with Gasteiger partial charge in [0.2, 0.25) is 0 Å². The lowest BCUT2D eigenvalue weighted by molar-refractivity contribution is 0.0954. The standard InChI is InChI=1S/C25H23ClN4O3S/c1-18-4-2-5-20(16-18)29-34(32,33)22-10-11-24(26)23(17-22)25(31)27-14-12-19-6-8-21(9-7-19)30-15-3-13-28-30/h2-11,13,15-17,29H,12,14H2,1H3,(H,27,31). The van der Waals surface area contributed by atoms with E-state index in [9.17, 15) is 13.2 Å². The van der Waals surface area contributed by atoms with Crippen molar-refractivity contribution in [3.8, 4) is 5.69 Å². The van der Waals surface area contributed by atoms with E-state index in [0.29, 0.717) is 18.7 Å². The summed E-state index contributed by atoms with van der Waals surface area (Å²) in [7, 11) is -3.88. The third kappa shape index (κ3) is 5.65. The molecule has 0 saturated heterocycles. The third-order valence-electron chi connectivity index (χ3n) is 5.17. The SMILES string of the molecule is Cc1cccc(NS(=O)(=O)c2ccc(Cl)c(C(=O)NCCc3ccc(-n4cccn4)cc3)c2)c1. The van der Waals surface area contributed by atoms with Gasteiger partial charge in [0.15, 0.2) is 0 Å². The van der Waals surface area contributed by atoms with E-state index in [1.54, 1.807) is 29.1 Å². The highest BCUT2D eigenvalue weighted by Gasteiger charge is 2.19. The molecular formula is C25H23ClN4O3S. The Kier molecular flexibility index (Phi) is 7.00. The van der Waals surface area contributed by atoms with Gasteiger partial charge in [-0.1, -0.05) is 35.9 Å². The molecule has 174 valence electrons. The van der Waals surface area contributed by atoms with Crippen molar-refractivity contribution in [1.82, 2.24) is 15.1 Å². The first-order valence-corrected chi connectivity index (χ1v) is 12.4. The van der Waals surface area contributed by atoms with Gasteiger partial charge >= 0.3 is 0 Å². The average molecular weight is 495 g/mol. The highest BCUT2D eigenvalue weighted by atomic mass is 35.5. The Morgan fingerprint density at radius 2 is 1.82 bits per heavy atom. The van der Waals surface area contributed by atoms with Gasteiger partial charge in [-0.2, -0.15) is 5.10 Å². The smallest absolute Gasteiger partial charge is 0.261 e. The van der Waals surface area contributed by atoms with Crippen LogP contribution in [0.4, 0.5) is 5.69 Å². The quantitative estimate of drug-likeness (QED) is 0.374. The molecule has 0 spiro atoms. The maximum absolute atomic E-state index is 12.8. The van der Waals surface area contributed by atoms with Crippen molar-refractivity contribution in [2.24, 2.45) is 0 Å². The molecule has 0 aliphatic rings. The zero-order chi connectivity index (χ0) is 24.1. The molecule has 1 amide bonds. The number of amides is 1. The molecule has 34 heavy (non-hydrogen) atoms. The molecule has 0 aliphatic heterocycles. The second kappa shape index (κ2) is 10.1. The fourth-order valence-electron chi connectivity index (χ4n) is 3.42. The second-order valence-corrected chi connectivity index (χ2v) is 9.83. The lowest BCUT2D eigenvalue weighted by Crippen LogP contribution is -2.26. The predicted molar refractivity (Wildman–Crippen MR) is 133 cm³/mol. The monoisotopic (exact) mass is 494 g/mol. The van der Waals surface area contributed by atoms with Crippen LogP contribution in [0.25, 0.3) is 5.69 Å². The van der Waals surface area contributed by atoms with Gasteiger partial charge in [0.1, 0.15) is 0 Å². The average Bonchev–Trinajstić information content (AvgIpc) is 3.34. The summed E-state index contributed by atoms with van der Waals surface area (Å²) in [6, 6.07) is 20.8. The minimum atomic E-state index is -3.88. The number of sulfonamides is 1. The molecule has 0 saturated carbocycles. The maximum atomic E-state index is 12.8. The summed E-state index contributed by atoms with van der Waals surface area (Å²) in [5, 5.41) is 7.18. The van der Waals surface area contributed by atoms with E-state index in [2.05, 4.69) is 15.1 Å². The molecule has 0 aliphatic carbocycles. The molecule has 1 heterocycles. The number of hydrogen-bond acceptors (Lipinski definition) is 4. The first-order chi connectivity index (χ1) is 16.3. The van der Waals surface area contributed by atoms with Crippen LogP contribution in [0.2, 0.25) is 5.02 Å². The van der Waals surface area contributed by atoms with Gasteiger partial charge in [-0.15, -0.1) is 0 Å². The summed E-state index contributed by atoms with van der Waals surface area (Å²) in [4.78, 5) is 12.7. The zero-order valence-corrected chi connectivity index (χ0v) is 20.0. The van der Waals surface area contributed by atoms with Crippen molar-refractivity contribution in [3.63, 3.8) is 0 Å². The fourth-order valence-corrected chi connectivity index (χ4v) is 4.70. The van der Waals surface area contributed by atoms with Crippen LogP contribution in [-0.4, -0.2) is 30.7 Å². The molecule has 0 radical (unpaired) electrons. The molecule has 0 bridgehead atoms. The normalized spacial score (nSPS) is 11.2. The minimum absolute atomic E-state index is 0.0437. The number of aromatic nitrogens is 2. The van der Waals surface area contributed by atoms with Crippen LogP contribution in [0.15, 0.2) is 90.1 Å². The number of anilines is 1. The molecule has 4 rings (SSSR count). The number of carbonyl (C=O) groups excluding carboxylic acids is 1. The molecule has 0 atom stereocenters. The number of benzene rings is 3. The van der Waals surface area contributed by atoms with Gasteiger partial charge in [-0.25, -0.2) is 13.1 Å². The van der Waals surface area contributed by atoms with Crippen LogP contribution in [0.5, 0.6) is 0 Å². The van der Waals surface area contributed by atoms with Gasteiger partial charge in [0.05, 0.1) is 21.2 Å². The highest BCUT2D eigenvalue weighted by molar-refractivity contribution is 7.92. The van der Waals surface area contributed by atoms with Crippen molar-refractivity contribution in [1.29, 1.82) is 0 Å². The Bertz CT molecular complexity index is 1400. The van der Waals surface area contributed by atoms with Gasteiger partial charge in [-0.3, -0.25) is 9.52 Å². The van der Waals surface area contributed by atoms with Gasteiger partial charge < -0.3 is 5.32 Å². The van der Waals surface area contributed by atoms with Gasteiger partial charge in [0.25, 0.3) is 15.9 Å². The number of carbonyl (C=O) groups is 1. The maximum Gasteiger partial charge on any atom is 0.261 e. The lowest BCUT2D eigenvalue weighted by Gasteiger charge is -2.12. The molecule has 1 aromatic heterocycles. The summed E-state index contributed by atoms with van der Waals surface area (Å²) in [5.41, 5.74) is 3.46. The predicted octanol–water partition coefficient (Wildman–Crippen LogP) is 4.61. The van der Waals surface area contributed by atoms with Gasteiger partial charge in [-0.05, 0) is 73.0 Å². The Morgan fingerprint density at radius 1 is 1.03 bits per heavy atom. The molecule has 7 nitrogen and oxygen atoms in total. The van der Waals surface area contributed by atoms with Crippen molar-refractivity contribution in [3.05, 3.63) is 107 Å². The van der Waals surface area contributed by atoms with Crippen LogP contribution in [0.3, 0.4) is 0 Å². The molecule has 0 fully saturated rings. The largest absolute Gasteiger partial charge is 0.352 e. The number of aryl methyl sites for hydroxylation is 1. The van der Waals surface area contributed by atoms with E-state index in [-0.39, 0.29) is 15.5 Å². The Hall–Kier alpha value is -3.62. The first-order valence-electron chi connectivity index (χ1n) is 10.6. The van der Waals surface area contributed by atoms with Gasteiger partial charge in [0, 0.05) is 24.6 Å². The fraction of sp³-hybridized carbons (Fsp3) is 0.120. The first kappa shape index (κ1) is 23.5. The zero-order valence-electron chi connectivity index (χ0n) is 18.4. The van der Waals surface area contributed by atoms with Crippen LogP contribution in [0, 0.1) is 6.92 Å². The van der Waals surface area contributed by atoms with Crippen molar-refractivity contribution >= 4 is 33.2 Å². The number of hydrogen-bond donors (Lipinski definition) is 2. The molecule has 4 aromatic rings. The summed E-state index contributed by atoms with van der Waals surface area (Å²) >= 11 is 6.20. The van der Waals surface area contributed by atoms with E-state index in [1.807, 2.05) is 49.5 Å². The number of nitrogens with zero attached hydrogens (tertiary/aromatic N) is 2. The lowest BCUT2D eigenvalue weighted by atomic mass is 10.1. The third-order valence-corrected chi connectivity index (χ3v) is 6.88. The molecular weight excluding hydrogens is 472 g/mol. The summed E-state index contributed by atoms with van der Waals surface area (Å²) in [5.74, 6) is -0.439. The second-order valence-electron chi connectivity index (χ2n) is 7.74. The van der Waals surface area contributed by atoms with Crippen LogP contribution in [0.1, 0.15) is 21.5 Å². The van der Waals surface area contributed by atoms with E-state index in [1.165, 1.54) is 18.2 Å². The van der Waals surface area contributed by atoms with Crippen LogP contribution >= 0.6 is 11.6 Å².